The minimum absolute atomic E-state index is 0.268. The van der Waals surface area contributed by atoms with E-state index in [1.54, 1.807) is 0 Å². The number of unbranched alkanes of at least 4 members (excludes halogenated alkanes) is 1. The molecule has 1 rings (SSSR count). The first kappa shape index (κ1) is 14.9. The monoisotopic (exact) mass is 274 g/mol. The van der Waals surface area contributed by atoms with Gasteiger partial charge in [0, 0.05) is 0 Å². The van der Waals surface area contributed by atoms with Gasteiger partial charge in [-0.05, 0) is 19.3 Å². The van der Waals surface area contributed by atoms with Crippen LogP contribution in [-0.4, -0.2) is 31.3 Å². The van der Waals surface area contributed by atoms with Crippen molar-refractivity contribution < 1.29 is 18.3 Å². The predicted octanol–water partition coefficient (Wildman–Crippen LogP) is 0.853. The maximum absolute atomic E-state index is 11.8. The molecule has 1 aliphatic carbocycles. The summed E-state index contributed by atoms with van der Waals surface area (Å²) in [5.74, 6) is -1.47. The minimum Gasteiger partial charge on any atom is -0.480 e. The Morgan fingerprint density at radius 3 is 2.56 bits per heavy atom. The molecule has 0 aliphatic heterocycles. The van der Waals surface area contributed by atoms with Crippen LogP contribution in [0, 0.1) is 16.7 Å². The summed E-state index contributed by atoms with van der Waals surface area (Å²) in [5, 5.41) is 17.8. The van der Waals surface area contributed by atoms with Crippen molar-refractivity contribution in [1.82, 2.24) is 4.72 Å². The molecule has 7 heteroatoms. The molecule has 6 nitrogen and oxygen atoms in total. The van der Waals surface area contributed by atoms with Crippen LogP contribution < -0.4 is 4.72 Å². The number of nitriles is 1. The summed E-state index contributed by atoms with van der Waals surface area (Å²) in [6.07, 6.45) is 2.84. The van der Waals surface area contributed by atoms with Crippen LogP contribution in [0.25, 0.3) is 0 Å². The third kappa shape index (κ3) is 4.27. The normalized spacial score (nSPS) is 18.9. The van der Waals surface area contributed by atoms with Crippen LogP contribution >= 0.6 is 0 Å². The molecule has 0 heterocycles. The highest BCUT2D eigenvalue weighted by atomic mass is 32.2. The zero-order chi connectivity index (χ0) is 13.8. The molecule has 0 spiro atoms. The summed E-state index contributed by atoms with van der Waals surface area (Å²) in [4.78, 5) is 10.9. The van der Waals surface area contributed by atoms with E-state index in [9.17, 15) is 13.2 Å². The van der Waals surface area contributed by atoms with Gasteiger partial charge in [0.2, 0.25) is 10.0 Å². The third-order valence-corrected chi connectivity index (χ3v) is 4.60. The summed E-state index contributed by atoms with van der Waals surface area (Å²) in [5.41, 5.74) is -0.792. The molecule has 2 N–H and O–H groups in total. The lowest BCUT2D eigenvalue weighted by atomic mass is 10.1. The lowest BCUT2D eigenvalue weighted by Gasteiger charge is -2.15. The van der Waals surface area contributed by atoms with E-state index in [0.717, 1.165) is 6.42 Å². The van der Waals surface area contributed by atoms with Gasteiger partial charge in [-0.15, -0.1) is 0 Å². The van der Waals surface area contributed by atoms with E-state index in [2.05, 4.69) is 4.72 Å². The first-order valence-electron chi connectivity index (χ1n) is 5.98. The smallest absolute Gasteiger partial charge is 0.321 e. The molecule has 1 atom stereocenters. The Hall–Kier alpha value is -1.13. The quantitative estimate of drug-likeness (QED) is 0.682. The zero-order valence-electron chi connectivity index (χ0n) is 10.3. The molecule has 0 unspecified atom stereocenters. The van der Waals surface area contributed by atoms with Gasteiger partial charge in [-0.25, -0.2) is 13.1 Å². The molecule has 0 saturated heterocycles. The molecule has 102 valence electrons. The maximum atomic E-state index is 11.8. The van der Waals surface area contributed by atoms with Gasteiger partial charge in [0.05, 0.1) is 17.2 Å². The van der Waals surface area contributed by atoms with Gasteiger partial charge >= 0.3 is 5.97 Å². The van der Waals surface area contributed by atoms with Crippen LogP contribution in [0.4, 0.5) is 0 Å². The number of hydrogen-bond donors (Lipinski definition) is 2. The van der Waals surface area contributed by atoms with Crippen molar-refractivity contribution in [3.8, 4) is 6.07 Å². The molecule has 1 fully saturated rings. The highest BCUT2D eigenvalue weighted by Crippen LogP contribution is 2.45. The first-order chi connectivity index (χ1) is 8.34. The minimum atomic E-state index is -3.72. The number of nitrogens with zero attached hydrogens (tertiary/aromatic N) is 1. The van der Waals surface area contributed by atoms with E-state index < -0.39 is 27.4 Å². The van der Waals surface area contributed by atoms with Gasteiger partial charge in [0.1, 0.15) is 6.04 Å². The van der Waals surface area contributed by atoms with Gasteiger partial charge in [0.25, 0.3) is 0 Å². The van der Waals surface area contributed by atoms with E-state index >= 15 is 0 Å². The second-order valence-electron chi connectivity index (χ2n) is 4.80. The molecular formula is C11H18N2O4S. The van der Waals surface area contributed by atoms with Crippen LogP contribution in [0.15, 0.2) is 0 Å². The van der Waals surface area contributed by atoms with Crippen LogP contribution in [0.1, 0.15) is 39.0 Å². The van der Waals surface area contributed by atoms with Crippen molar-refractivity contribution in [1.29, 1.82) is 5.26 Å². The molecule has 1 aliphatic rings. The Balaban J connectivity index is 2.62. The number of hydrogen-bond acceptors (Lipinski definition) is 4. The molecule has 0 aromatic heterocycles. The van der Waals surface area contributed by atoms with Gasteiger partial charge in [-0.3, -0.25) is 4.79 Å². The Morgan fingerprint density at radius 2 is 2.17 bits per heavy atom. The van der Waals surface area contributed by atoms with Crippen molar-refractivity contribution in [2.24, 2.45) is 5.41 Å². The van der Waals surface area contributed by atoms with Crippen LogP contribution in [0.5, 0.6) is 0 Å². The largest absolute Gasteiger partial charge is 0.480 e. The van der Waals surface area contributed by atoms with Crippen molar-refractivity contribution in [3.05, 3.63) is 0 Å². The number of nitrogens with one attached hydrogen (secondary N) is 1. The summed E-state index contributed by atoms with van der Waals surface area (Å²) >= 11 is 0. The van der Waals surface area contributed by atoms with Crippen molar-refractivity contribution >= 4 is 16.0 Å². The van der Waals surface area contributed by atoms with Crippen LogP contribution in [-0.2, 0) is 14.8 Å². The number of carboxylic acid groups (broad SMARTS) is 1. The Kier molecular flexibility index (Phi) is 4.71. The highest BCUT2D eigenvalue weighted by molar-refractivity contribution is 7.89. The number of sulfonamides is 1. The number of carboxylic acids is 1. The van der Waals surface area contributed by atoms with Gasteiger partial charge in [-0.1, -0.05) is 19.8 Å². The average molecular weight is 274 g/mol. The Bertz CT molecular complexity index is 448. The van der Waals surface area contributed by atoms with Crippen molar-refractivity contribution in [2.75, 3.05) is 5.75 Å². The molecule has 0 aromatic carbocycles. The topological polar surface area (TPSA) is 107 Å². The fraction of sp³-hybridized carbons (Fsp3) is 0.818. The maximum Gasteiger partial charge on any atom is 0.321 e. The van der Waals surface area contributed by atoms with Crippen molar-refractivity contribution in [3.63, 3.8) is 0 Å². The van der Waals surface area contributed by atoms with E-state index in [4.69, 9.17) is 10.4 Å². The highest BCUT2D eigenvalue weighted by Gasteiger charge is 2.47. The SMILES string of the molecule is CCCC[C@H](NS(=O)(=O)CC1(C#N)CC1)C(=O)O. The van der Waals surface area contributed by atoms with Crippen molar-refractivity contribution in [2.45, 2.75) is 45.1 Å². The zero-order valence-corrected chi connectivity index (χ0v) is 11.2. The van der Waals surface area contributed by atoms with Crippen LogP contribution in [0.3, 0.4) is 0 Å². The number of aliphatic carboxylic acids is 1. The van der Waals surface area contributed by atoms with Crippen LogP contribution in [0.2, 0.25) is 0 Å². The van der Waals surface area contributed by atoms with Gasteiger partial charge in [0.15, 0.2) is 0 Å². The van der Waals surface area contributed by atoms with E-state index in [1.165, 1.54) is 0 Å². The molecule has 18 heavy (non-hydrogen) atoms. The summed E-state index contributed by atoms with van der Waals surface area (Å²) in [7, 11) is -3.72. The molecule has 1 saturated carbocycles. The standard InChI is InChI=1S/C11H18N2O4S/c1-2-3-4-9(10(14)15)13-18(16,17)8-11(7-12)5-6-11/h9,13H,2-6,8H2,1H3,(H,14,15)/t9-/m0/s1. The predicted molar refractivity (Wildman–Crippen MR) is 65.2 cm³/mol. The van der Waals surface area contributed by atoms with E-state index in [1.807, 2.05) is 13.0 Å². The number of carbonyl (C=O) groups is 1. The summed E-state index contributed by atoms with van der Waals surface area (Å²) in [6, 6.07) is 0.894. The molecule has 0 radical (unpaired) electrons. The Labute approximate surface area is 107 Å². The Morgan fingerprint density at radius 1 is 1.56 bits per heavy atom. The average Bonchev–Trinajstić information content (AvgIpc) is 3.03. The molecule has 0 amide bonds. The second-order valence-corrected chi connectivity index (χ2v) is 6.56. The molecule has 0 aromatic rings. The van der Waals surface area contributed by atoms with Gasteiger partial charge < -0.3 is 5.11 Å². The lowest BCUT2D eigenvalue weighted by molar-refractivity contribution is -0.139. The van der Waals surface area contributed by atoms with E-state index in [-0.39, 0.29) is 12.2 Å². The fourth-order valence-electron chi connectivity index (χ4n) is 1.70. The lowest BCUT2D eigenvalue weighted by Crippen LogP contribution is -2.43. The summed E-state index contributed by atoms with van der Waals surface area (Å²) < 4.78 is 25.8. The molecule has 0 bridgehead atoms. The van der Waals surface area contributed by atoms with Gasteiger partial charge in [-0.2, -0.15) is 5.26 Å². The molecular weight excluding hydrogens is 256 g/mol. The number of rotatable bonds is 8. The fourth-order valence-corrected chi connectivity index (χ4v) is 3.52. The third-order valence-electron chi connectivity index (χ3n) is 3.02. The second kappa shape index (κ2) is 5.67. The van der Waals surface area contributed by atoms with E-state index in [0.29, 0.717) is 19.3 Å². The first-order valence-corrected chi connectivity index (χ1v) is 7.63. The summed E-state index contributed by atoms with van der Waals surface area (Å²) in [6.45, 7) is 1.91.